The van der Waals surface area contributed by atoms with Gasteiger partial charge in [0.15, 0.2) is 5.16 Å². The first-order valence-corrected chi connectivity index (χ1v) is 12.2. The second-order valence-corrected chi connectivity index (χ2v) is 9.61. The number of nitrogens with zero attached hydrogens (tertiary/aromatic N) is 6. The second kappa shape index (κ2) is 9.78. The van der Waals surface area contributed by atoms with Gasteiger partial charge in [0.1, 0.15) is 5.82 Å². The lowest BCUT2D eigenvalue weighted by atomic mass is 10.2. The molecule has 0 radical (unpaired) electrons. The molecule has 0 aliphatic rings. The molecule has 0 bridgehead atoms. The molecule has 3 aromatic heterocycles. The van der Waals surface area contributed by atoms with Crippen LogP contribution in [0.25, 0.3) is 16.7 Å². The van der Waals surface area contributed by atoms with E-state index in [1.165, 1.54) is 11.8 Å². The van der Waals surface area contributed by atoms with Crippen LogP contribution in [0.2, 0.25) is 0 Å². The van der Waals surface area contributed by atoms with Crippen molar-refractivity contribution in [2.75, 3.05) is 5.32 Å². The van der Waals surface area contributed by atoms with E-state index < -0.39 is 5.25 Å². The minimum absolute atomic E-state index is 0.0640. The molecule has 33 heavy (non-hydrogen) atoms. The Kier molecular flexibility index (Phi) is 6.83. The molecule has 1 aromatic carbocycles. The summed E-state index contributed by atoms with van der Waals surface area (Å²) in [6, 6.07) is 9.38. The van der Waals surface area contributed by atoms with Crippen LogP contribution in [0.5, 0.6) is 0 Å². The predicted molar refractivity (Wildman–Crippen MR) is 131 cm³/mol. The zero-order valence-electron chi connectivity index (χ0n) is 19.4. The Morgan fingerprint density at radius 2 is 1.91 bits per heavy atom. The summed E-state index contributed by atoms with van der Waals surface area (Å²) in [6.07, 6.45) is 4.66. The van der Waals surface area contributed by atoms with Crippen LogP contribution in [0.1, 0.15) is 53.0 Å². The number of rotatable bonds is 9. The predicted octanol–water partition coefficient (Wildman–Crippen LogP) is 4.13. The Hall–Kier alpha value is -3.14. The summed E-state index contributed by atoms with van der Waals surface area (Å²) < 4.78 is 5.35. The van der Waals surface area contributed by atoms with Gasteiger partial charge in [-0.3, -0.25) is 18.6 Å². The lowest BCUT2D eigenvalue weighted by Crippen LogP contribution is -2.25. The van der Waals surface area contributed by atoms with Crippen molar-refractivity contribution in [3.8, 4) is 0 Å². The van der Waals surface area contributed by atoms with Crippen LogP contribution in [0.15, 0.2) is 46.5 Å². The number of unbranched alkanes of at least 4 members (excludes halogenated alkanes) is 2. The number of carbonyl (C=O) groups is 1. The molecule has 0 aliphatic heterocycles. The number of aryl methyl sites for hydroxylation is 1. The number of hydrogen-bond donors (Lipinski definition) is 1. The van der Waals surface area contributed by atoms with E-state index in [1.807, 2.05) is 49.4 Å². The van der Waals surface area contributed by atoms with Crippen molar-refractivity contribution >= 4 is 40.2 Å². The Balaban J connectivity index is 1.67. The topological polar surface area (TPSA) is 99.1 Å². The van der Waals surface area contributed by atoms with E-state index in [0.29, 0.717) is 28.7 Å². The lowest BCUT2D eigenvalue weighted by molar-refractivity contribution is -0.115. The van der Waals surface area contributed by atoms with E-state index in [9.17, 15) is 9.59 Å². The standard InChI is InChI=1S/C23H29N7O2S/c1-5-6-9-14-28-21(32)17-10-7-8-11-18(17)29-22(28)26-27-23(29)33-16(4)20(31)25-19-12-13-24-30(19)15(2)3/h7-8,10-13,15-16H,5-6,9,14H2,1-4H3,(H,25,31). The van der Waals surface area contributed by atoms with E-state index in [0.717, 1.165) is 24.8 Å². The second-order valence-electron chi connectivity index (χ2n) is 8.30. The van der Waals surface area contributed by atoms with E-state index >= 15 is 0 Å². The Bertz CT molecular complexity index is 1340. The molecule has 1 N–H and O–H groups in total. The molecule has 1 atom stereocenters. The van der Waals surface area contributed by atoms with Crippen LogP contribution in [-0.2, 0) is 11.3 Å². The number of hydrogen-bond acceptors (Lipinski definition) is 6. The van der Waals surface area contributed by atoms with Crippen molar-refractivity contribution in [2.24, 2.45) is 0 Å². The summed E-state index contributed by atoms with van der Waals surface area (Å²) in [5, 5.41) is 16.7. The third-order valence-electron chi connectivity index (χ3n) is 5.53. The van der Waals surface area contributed by atoms with Gasteiger partial charge in [0, 0.05) is 18.7 Å². The minimum atomic E-state index is -0.438. The maximum Gasteiger partial charge on any atom is 0.262 e. The van der Waals surface area contributed by atoms with E-state index in [-0.39, 0.29) is 17.5 Å². The quantitative estimate of drug-likeness (QED) is 0.293. The molecule has 4 aromatic rings. The first kappa shape index (κ1) is 23.0. The number of fused-ring (bicyclic) bond motifs is 3. The van der Waals surface area contributed by atoms with Gasteiger partial charge < -0.3 is 5.32 Å². The van der Waals surface area contributed by atoms with Crippen molar-refractivity contribution in [2.45, 2.75) is 70.0 Å². The number of benzene rings is 1. The van der Waals surface area contributed by atoms with Gasteiger partial charge in [-0.1, -0.05) is 43.7 Å². The maximum absolute atomic E-state index is 13.1. The monoisotopic (exact) mass is 467 g/mol. The smallest absolute Gasteiger partial charge is 0.262 e. The fourth-order valence-corrected chi connectivity index (χ4v) is 4.65. The van der Waals surface area contributed by atoms with Gasteiger partial charge in [0.25, 0.3) is 5.56 Å². The number of carbonyl (C=O) groups excluding carboxylic acids is 1. The molecular formula is C23H29N7O2S. The first-order valence-electron chi connectivity index (χ1n) is 11.3. The largest absolute Gasteiger partial charge is 0.310 e. The molecular weight excluding hydrogens is 438 g/mol. The third-order valence-corrected chi connectivity index (χ3v) is 6.57. The van der Waals surface area contributed by atoms with Crippen LogP contribution in [0.3, 0.4) is 0 Å². The van der Waals surface area contributed by atoms with Gasteiger partial charge in [-0.05, 0) is 39.3 Å². The molecule has 174 valence electrons. The summed E-state index contributed by atoms with van der Waals surface area (Å²) in [7, 11) is 0. The number of thioether (sulfide) groups is 1. The van der Waals surface area contributed by atoms with E-state index in [1.54, 1.807) is 21.5 Å². The summed E-state index contributed by atoms with van der Waals surface area (Å²) in [5.74, 6) is 1.01. The normalized spacial score (nSPS) is 12.6. The summed E-state index contributed by atoms with van der Waals surface area (Å²) in [4.78, 5) is 26.1. The van der Waals surface area contributed by atoms with Crippen LogP contribution in [0, 0.1) is 0 Å². The number of anilines is 1. The molecule has 1 unspecified atom stereocenters. The Morgan fingerprint density at radius 1 is 1.12 bits per heavy atom. The van der Waals surface area contributed by atoms with Crippen molar-refractivity contribution in [3.63, 3.8) is 0 Å². The molecule has 3 heterocycles. The number of nitrogens with one attached hydrogen (secondary N) is 1. The number of aromatic nitrogens is 6. The van der Waals surface area contributed by atoms with Crippen molar-refractivity contribution in [1.29, 1.82) is 0 Å². The van der Waals surface area contributed by atoms with E-state index in [4.69, 9.17) is 0 Å². The number of amides is 1. The van der Waals surface area contributed by atoms with Crippen LogP contribution < -0.4 is 10.9 Å². The van der Waals surface area contributed by atoms with Crippen LogP contribution >= 0.6 is 11.8 Å². The molecule has 0 saturated heterocycles. The average Bonchev–Trinajstić information content (AvgIpc) is 3.43. The summed E-state index contributed by atoms with van der Waals surface area (Å²) >= 11 is 1.31. The molecule has 0 aliphatic carbocycles. The van der Waals surface area contributed by atoms with Crippen molar-refractivity contribution in [1.82, 2.24) is 28.9 Å². The molecule has 9 nitrogen and oxygen atoms in total. The van der Waals surface area contributed by atoms with E-state index in [2.05, 4.69) is 27.5 Å². The Labute approximate surface area is 196 Å². The fraction of sp³-hybridized carbons (Fsp3) is 0.435. The molecule has 10 heteroatoms. The summed E-state index contributed by atoms with van der Waals surface area (Å²) in [6.45, 7) is 8.56. The van der Waals surface area contributed by atoms with Crippen LogP contribution in [0.4, 0.5) is 5.82 Å². The maximum atomic E-state index is 13.1. The zero-order chi connectivity index (χ0) is 23.5. The van der Waals surface area contributed by atoms with Crippen LogP contribution in [-0.4, -0.2) is 40.1 Å². The first-order chi connectivity index (χ1) is 15.9. The number of para-hydroxylation sites is 1. The van der Waals surface area contributed by atoms with Gasteiger partial charge in [-0.15, -0.1) is 10.2 Å². The third kappa shape index (κ3) is 4.52. The SMILES string of the molecule is CCCCCn1c(=O)c2ccccc2n2c(SC(C)C(=O)Nc3ccnn3C(C)C)nnc12. The molecule has 4 rings (SSSR count). The minimum Gasteiger partial charge on any atom is -0.310 e. The molecule has 0 fully saturated rings. The highest BCUT2D eigenvalue weighted by molar-refractivity contribution is 8.00. The highest BCUT2D eigenvalue weighted by Gasteiger charge is 2.22. The zero-order valence-corrected chi connectivity index (χ0v) is 20.2. The van der Waals surface area contributed by atoms with Gasteiger partial charge in [-0.2, -0.15) is 5.10 Å². The average molecular weight is 468 g/mol. The van der Waals surface area contributed by atoms with Gasteiger partial charge >= 0.3 is 0 Å². The van der Waals surface area contributed by atoms with Crippen molar-refractivity contribution in [3.05, 3.63) is 46.9 Å². The highest BCUT2D eigenvalue weighted by atomic mass is 32.2. The van der Waals surface area contributed by atoms with Gasteiger partial charge in [0.2, 0.25) is 11.7 Å². The molecule has 0 saturated carbocycles. The Morgan fingerprint density at radius 3 is 2.67 bits per heavy atom. The van der Waals surface area contributed by atoms with Gasteiger partial charge in [0.05, 0.1) is 22.3 Å². The highest BCUT2D eigenvalue weighted by Crippen LogP contribution is 2.26. The molecule has 1 amide bonds. The van der Waals surface area contributed by atoms with Gasteiger partial charge in [-0.25, -0.2) is 4.68 Å². The molecule has 0 spiro atoms. The fourth-order valence-electron chi connectivity index (χ4n) is 3.80. The van der Waals surface area contributed by atoms with Crippen molar-refractivity contribution < 1.29 is 4.79 Å². The summed E-state index contributed by atoms with van der Waals surface area (Å²) in [5.41, 5.74) is 0.674. The lowest BCUT2D eigenvalue weighted by Gasteiger charge is -2.15.